The molecule has 6 aromatic rings. The van der Waals surface area contributed by atoms with E-state index in [1.165, 1.54) is 44.1 Å². The van der Waals surface area contributed by atoms with E-state index in [2.05, 4.69) is 152 Å². The molecule has 1 radical (unpaired) electrons. The van der Waals surface area contributed by atoms with E-state index in [1.807, 2.05) is 0 Å². The van der Waals surface area contributed by atoms with Gasteiger partial charge in [0.25, 0.3) is 0 Å². The molecule has 0 aliphatic rings. The second-order valence-corrected chi connectivity index (χ2v) is 11.7. The predicted molar refractivity (Wildman–Crippen MR) is 170 cm³/mol. The van der Waals surface area contributed by atoms with Crippen molar-refractivity contribution in [2.24, 2.45) is 11.8 Å². The fourth-order valence-electron chi connectivity index (χ4n) is 6.71. The highest BCUT2D eigenvalue weighted by atomic mass is 14.7. The van der Waals surface area contributed by atoms with Crippen molar-refractivity contribution < 1.29 is 0 Å². The fourth-order valence-corrected chi connectivity index (χ4v) is 6.71. The number of fused-ring (bicyclic) bond motifs is 2. The van der Waals surface area contributed by atoms with E-state index in [-0.39, 0.29) is 11.8 Å². The fraction of sp³-hybridized carbons (Fsp3) is 0.237. The van der Waals surface area contributed by atoms with Crippen LogP contribution in [0.4, 0.5) is 0 Å². The molecule has 0 aliphatic heterocycles. The lowest BCUT2D eigenvalue weighted by Crippen LogP contribution is -2.27. The summed E-state index contributed by atoms with van der Waals surface area (Å²) < 4.78 is 0. The van der Waals surface area contributed by atoms with Gasteiger partial charge in [0.2, 0.25) is 0 Å². The van der Waals surface area contributed by atoms with Gasteiger partial charge in [-0.25, -0.2) is 0 Å². The van der Waals surface area contributed by atoms with Crippen molar-refractivity contribution in [3.63, 3.8) is 0 Å². The van der Waals surface area contributed by atoms with Gasteiger partial charge < -0.3 is 9.97 Å². The molecule has 0 aliphatic carbocycles. The maximum atomic E-state index is 3.61. The van der Waals surface area contributed by atoms with E-state index in [1.54, 1.807) is 5.92 Å². The van der Waals surface area contributed by atoms with Gasteiger partial charge in [0.05, 0.1) is 0 Å². The molecule has 2 unspecified atom stereocenters. The molecule has 0 fully saturated rings. The highest BCUT2D eigenvalue weighted by Gasteiger charge is 2.38. The third kappa shape index (κ3) is 5.23. The zero-order valence-corrected chi connectivity index (χ0v) is 23.8. The number of H-pyrrole nitrogens is 2. The third-order valence-corrected chi connectivity index (χ3v) is 8.47. The van der Waals surface area contributed by atoms with E-state index in [0.29, 0.717) is 11.8 Å². The monoisotopic (exact) mass is 523 g/mol. The van der Waals surface area contributed by atoms with Gasteiger partial charge in [-0.3, -0.25) is 0 Å². The molecule has 6 rings (SSSR count). The molecule has 0 saturated heterocycles. The number of para-hydroxylation sites is 2. The van der Waals surface area contributed by atoms with Crippen molar-refractivity contribution in [2.75, 3.05) is 0 Å². The first-order chi connectivity index (χ1) is 19.6. The maximum Gasteiger partial charge on any atom is 0.0457 e. The van der Waals surface area contributed by atoms with Gasteiger partial charge in [0, 0.05) is 46.0 Å². The van der Waals surface area contributed by atoms with Crippen molar-refractivity contribution in [1.29, 1.82) is 0 Å². The van der Waals surface area contributed by atoms with E-state index in [9.17, 15) is 0 Å². The Morgan fingerprint density at radius 1 is 0.600 bits per heavy atom. The molecular weight excluding hydrogens is 484 g/mol. The van der Waals surface area contributed by atoms with Crippen LogP contribution in [0.1, 0.15) is 61.3 Å². The highest BCUT2D eigenvalue weighted by Crippen LogP contribution is 2.51. The van der Waals surface area contributed by atoms with E-state index < -0.39 is 0 Å². The summed E-state index contributed by atoms with van der Waals surface area (Å²) >= 11 is 0. The first kappa shape index (κ1) is 26.2. The Morgan fingerprint density at radius 3 is 1.65 bits per heavy atom. The van der Waals surface area contributed by atoms with Crippen LogP contribution in [-0.2, 0) is 6.42 Å². The number of aromatic nitrogens is 2. The van der Waals surface area contributed by atoms with Crippen molar-refractivity contribution >= 4 is 21.8 Å². The summed E-state index contributed by atoms with van der Waals surface area (Å²) in [4.78, 5) is 7.23. The average Bonchev–Trinajstić information content (AvgIpc) is 3.60. The van der Waals surface area contributed by atoms with Gasteiger partial charge in [0.1, 0.15) is 0 Å². The normalized spacial score (nSPS) is 13.6. The van der Waals surface area contributed by atoms with Crippen molar-refractivity contribution in [3.8, 4) is 0 Å². The SMILES string of the molecule is CC(C)C[C](C(C)Cc1ccccc1)C(c1ccccc1)C(c1c[nH]c2ccccc12)c1c[nH]c2ccccc12. The Morgan fingerprint density at radius 2 is 1.10 bits per heavy atom. The van der Waals surface area contributed by atoms with Crippen LogP contribution in [0.5, 0.6) is 0 Å². The van der Waals surface area contributed by atoms with Crippen LogP contribution in [0, 0.1) is 17.8 Å². The predicted octanol–water partition coefficient (Wildman–Crippen LogP) is 10.1. The number of aromatic amines is 2. The molecule has 2 heterocycles. The number of nitrogens with one attached hydrogen (secondary N) is 2. The van der Waals surface area contributed by atoms with Crippen LogP contribution in [0.3, 0.4) is 0 Å². The lowest BCUT2D eigenvalue weighted by molar-refractivity contribution is 0.411. The molecule has 0 saturated carbocycles. The topological polar surface area (TPSA) is 31.6 Å². The molecule has 2 heteroatoms. The Labute approximate surface area is 238 Å². The number of rotatable bonds is 10. The Bertz CT molecular complexity index is 1580. The van der Waals surface area contributed by atoms with Crippen LogP contribution in [-0.4, -0.2) is 9.97 Å². The molecule has 0 bridgehead atoms. The molecule has 40 heavy (non-hydrogen) atoms. The molecule has 0 amide bonds. The molecule has 2 nitrogen and oxygen atoms in total. The zero-order chi connectivity index (χ0) is 27.5. The quantitative estimate of drug-likeness (QED) is 0.179. The van der Waals surface area contributed by atoms with Gasteiger partial charge in [-0.2, -0.15) is 0 Å². The summed E-state index contributed by atoms with van der Waals surface area (Å²) in [6, 6.07) is 39.8. The molecule has 4 aromatic carbocycles. The number of hydrogen-bond acceptors (Lipinski definition) is 0. The molecule has 201 valence electrons. The standard InChI is InChI=1S/C38H39N2/c1-26(2)22-32(27(3)23-28-14-6-4-7-15-28)37(29-16-8-5-9-17-29)38(33-24-39-35-20-12-10-18-30(33)35)34-25-40-36-21-13-11-19-31(34)36/h4-21,24-27,37-40H,22-23H2,1-3H3. The maximum absolute atomic E-state index is 3.61. The van der Waals surface area contributed by atoms with Crippen LogP contribution in [0.25, 0.3) is 21.8 Å². The molecule has 2 atom stereocenters. The summed E-state index contributed by atoms with van der Waals surface area (Å²) in [5, 5.41) is 2.61. The van der Waals surface area contributed by atoms with Crippen molar-refractivity contribution in [1.82, 2.24) is 9.97 Å². The van der Waals surface area contributed by atoms with E-state index in [0.717, 1.165) is 12.8 Å². The average molecular weight is 524 g/mol. The lowest BCUT2D eigenvalue weighted by atomic mass is 9.64. The van der Waals surface area contributed by atoms with Gasteiger partial charge in [-0.1, -0.05) is 118 Å². The Hall–Kier alpha value is -4.04. The van der Waals surface area contributed by atoms with Crippen molar-refractivity contribution in [3.05, 3.63) is 150 Å². The highest BCUT2D eigenvalue weighted by molar-refractivity contribution is 5.88. The summed E-state index contributed by atoms with van der Waals surface area (Å²) in [6.07, 6.45) is 6.67. The van der Waals surface area contributed by atoms with Crippen LogP contribution < -0.4 is 0 Å². The lowest BCUT2D eigenvalue weighted by Gasteiger charge is -2.38. The minimum absolute atomic E-state index is 0.154. The summed E-state index contributed by atoms with van der Waals surface area (Å²) in [5.41, 5.74) is 7.90. The van der Waals surface area contributed by atoms with E-state index in [4.69, 9.17) is 0 Å². The largest absolute Gasteiger partial charge is 0.361 e. The van der Waals surface area contributed by atoms with Gasteiger partial charge in [-0.15, -0.1) is 0 Å². The number of benzene rings is 4. The van der Waals surface area contributed by atoms with Gasteiger partial charge in [0.15, 0.2) is 0 Å². The smallest absolute Gasteiger partial charge is 0.0457 e. The Balaban J connectivity index is 1.58. The minimum atomic E-state index is 0.154. The molecule has 2 aromatic heterocycles. The summed E-state index contributed by atoms with van der Waals surface area (Å²) in [7, 11) is 0. The van der Waals surface area contributed by atoms with Crippen LogP contribution in [0.2, 0.25) is 0 Å². The third-order valence-electron chi connectivity index (χ3n) is 8.47. The first-order valence-corrected chi connectivity index (χ1v) is 14.7. The van der Waals surface area contributed by atoms with Crippen molar-refractivity contribution in [2.45, 2.75) is 45.4 Å². The second-order valence-electron chi connectivity index (χ2n) is 11.7. The summed E-state index contributed by atoms with van der Waals surface area (Å²) in [5.74, 6) is 2.99. The zero-order valence-electron chi connectivity index (χ0n) is 23.8. The first-order valence-electron chi connectivity index (χ1n) is 14.7. The molecular formula is C38H39N2. The Kier molecular flexibility index (Phi) is 7.60. The van der Waals surface area contributed by atoms with Gasteiger partial charge >= 0.3 is 0 Å². The number of hydrogen-bond donors (Lipinski definition) is 2. The molecule has 0 spiro atoms. The summed E-state index contributed by atoms with van der Waals surface area (Å²) in [6.45, 7) is 7.18. The van der Waals surface area contributed by atoms with Crippen LogP contribution >= 0.6 is 0 Å². The minimum Gasteiger partial charge on any atom is -0.361 e. The van der Waals surface area contributed by atoms with Gasteiger partial charge in [-0.05, 0) is 65.0 Å². The van der Waals surface area contributed by atoms with Crippen LogP contribution in [0.15, 0.2) is 122 Å². The van der Waals surface area contributed by atoms with E-state index >= 15 is 0 Å². The molecule has 2 N–H and O–H groups in total. The second kappa shape index (κ2) is 11.6.